The predicted molar refractivity (Wildman–Crippen MR) is 100 cm³/mol. The fourth-order valence-electron chi connectivity index (χ4n) is 3.31. The standard InChI is InChI=1S/C19H17FN4O2S/c20-14-3-1-8-21-16(14)19(6-2-7-19)11-23-27-18-22-10-13-9-12(17(25)26)4-5-15(13)24-18/h1,3-5,8-10,23H,2,6-7,11H2,(H,25,26). The molecule has 1 saturated carbocycles. The van der Waals surface area contributed by atoms with E-state index in [0.29, 0.717) is 28.3 Å². The summed E-state index contributed by atoms with van der Waals surface area (Å²) in [5.74, 6) is -1.25. The van der Waals surface area contributed by atoms with Gasteiger partial charge in [-0.15, -0.1) is 0 Å². The van der Waals surface area contributed by atoms with E-state index in [1.807, 2.05) is 0 Å². The highest BCUT2D eigenvalue weighted by Crippen LogP contribution is 2.43. The van der Waals surface area contributed by atoms with Gasteiger partial charge in [0, 0.05) is 29.7 Å². The van der Waals surface area contributed by atoms with Crippen LogP contribution in [0.4, 0.5) is 4.39 Å². The topological polar surface area (TPSA) is 88.0 Å². The summed E-state index contributed by atoms with van der Waals surface area (Å²) in [6.45, 7) is 0.574. The molecule has 0 spiro atoms. The number of carbonyl (C=O) groups is 1. The summed E-state index contributed by atoms with van der Waals surface area (Å²) >= 11 is 1.28. The Bertz CT molecular complexity index is 1010. The van der Waals surface area contributed by atoms with E-state index < -0.39 is 5.97 Å². The van der Waals surface area contributed by atoms with Gasteiger partial charge >= 0.3 is 5.97 Å². The maximum Gasteiger partial charge on any atom is 0.335 e. The molecule has 4 rings (SSSR count). The molecular formula is C19H17FN4O2S. The number of aromatic carboxylic acids is 1. The van der Waals surface area contributed by atoms with Crippen LogP contribution in [0.2, 0.25) is 0 Å². The van der Waals surface area contributed by atoms with Crippen LogP contribution in [0.25, 0.3) is 10.9 Å². The van der Waals surface area contributed by atoms with Crippen molar-refractivity contribution >= 4 is 28.8 Å². The molecule has 1 aliphatic carbocycles. The molecule has 2 aromatic heterocycles. The van der Waals surface area contributed by atoms with Crippen molar-refractivity contribution < 1.29 is 14.3 Å². The zero-order valence-electron chi connectivity index (χ0n) is 14.4. The molecule has 0 saturated heterocycles. The normalized spacial score (nSPS) is 15.4. The predicted octanol–water partition coefficient (Wildman–Crippen LogP) is 3.58. The minimum atomic E-state index is -0.982. The van der Waals surface area contributed by atoms with Crippen LogP contribution in [-0.2, 0) is 5.41 Å². The van der Waals surface area contributed by atoms with Gasteiger partial charge in [-0.2, -0.15) is 0 Å². The average molecular weight is 384 g/mol. The SMILES string of the molecule is O=C(O)c1ccc2nc(SNCC3(c4ncccc4F)CCC3)ncc2c1. The van der Waals surface area contributed by atoms with Crippen LogP contribution in [0.1, 0.15) is 35.3 Å². The van der Waals surface area contributed by atoms with E-state index in [0.717, 1.165) is 19.3 Å². The number of carboxylic acids is 1. The summed E-state index contributed by atoms with van der Waals surface area (Å²) in [6, 6.07) is 7.79. The van der Waals surface area contributed by atoms with E-state index in [1.165, 1.54) is 24.1 Å². The molecule has 27 heavy (non-hydrogen) atoms. The third-order valence-electron chi connectivity index (χ3n) is 4.95. The molecule has 1 fully saturated rings. The number of hydrogen-bond donors (Lipinski definition) is 2. The maximum atomic E-state index is 14.2. The van der Waals surface area contributed by atoms with E-state index in [2.05, 4.69) is 19.7 Å². The summed E-state index contributed by atoms with van der Waals surface area (Å²) in [6.07, 6.45) is 6.08. The molecule has 0 unspecified atom stereocenters. The highest BCUT2D eigenvalue weighted by atomic mass is 32.2. The van der Waals surface area contributed by atoms with E-state index in [4.69, 9.17) is 5.11 Å². The average Bonchev–Trinajstić information content (AvgIpc) is 2.64. The molecule has 0 bridgehead atoms. The van der Waals surface area contributed by atoms with Gasteiger partial charge in [-0.05, 0) is 55.1 Å². The second kappa shape index (κ2) is 7.21. The van der Waals surface area contributed by atoms with Gasteiger partial charge < -0.3 is 5.11 Å². The van der Waals surface area contributed by atoms with Gasteiger partial charge in [-0.25, -0.2) is 19.2 Å². The molecular weight excluding hydrogens is 367 g/mol. The summed E-state index contributed by atoms with van der Waals surface area (Å²) in [5, 5.41) is 10.2. The van der Waals surface area contributed by atoms with Crippen LogP contribution in [0, 0.1) is 5.82 Å². The molecule has 0 aliphatic heterocycles. The van der Waals surface area contributed by atoms with E-state index in [9.17, 15) is 9.18 Å². The second-order valence-electron chi connectivity index (χ2n) is 6.62. The molecule has 1 aromatic carbocycles. The van der Waals surface area contributed by atoms with Crippen LogP contribution < -0.4 is 4.72 Å². The smallest absolute Gasteiger partial charge is 0.335 e. The summed E-state index contributed by atoms with van der Waals surface area (Å²) in [7, 11) is 0. The molecule has 2 heterocycles. The Labute approximate surface area is 159 Å². The molecule has 138 valence electrons. The lowest BCUT2D eigenvalue weighted by molar-refractivity contribution is 0.0697. The Balaban J connectivity index is 1.46. The first-order valence-corrected chi connectivity index (χ1v) is 9.40. The highest BCUT2D eigenvalue weighted by Gasteiger charge is 2.41. The maximum absolute atomic E-state index is 14.2. The number of halogens is 1. The molecule has 0 atom stereocenters. The van der Waals surface area contributed by atoms with Crippen molar-refractivity contribution in [3.63, 3.8) is 0 Å². The largest absolute Gasteiger partial charge is 0.478 e. The Morgan fingerprint density at radius 3 is 2.85 bits per heavy atom. The van der Waals surface area contributed by atoms with Crippen molar-refractivity contribution in [3.8, 4) is 0 Å². The van der Waals surface area contributed by atoms with E-state index >= 15 is 0 Å². The minimum Gasteiger partial charge on any atom is -0.478 e. The number of rotatable bonds is 6. The lowest BCUT2D eigenvalue weighted by Crippen LogP contribution is -2.43. The van der Waals surface area contributed by atoms with Crippen molar-refractivity contribution in [2.75, 3.05) is 6.54 Å². The van der Waals surface area contributed by atoms with Gasteiger partial charge in [0.1, 0.15) is 5.82 Å². The van der Waals surface area contributed by atoms with Crippen molar-refractivity contribution in [2.24, 2.45) is 0 Å². The fraction of sp³-hybridized carbons (Fsp3) is 0.263. The van der Waals surface area contributed by atoms with Crippen LogP contribution >= 0.6 is 11.9 Å². The Morgan fingerprint density at radius 1 is 1.30 bits per heavy atom. The number of nitrogens with one attached hydrogen (secondary N) is 1. The lowest BCUT2D eigenvalue weighted by Gasteiger charge is -2.41. The van der Waals surface area contributed by atoms with E-state index in [-0.39, 0.29) is 16.8 Å². The highest BCUT2D eigenvalue weighted by molar-refractivity contribution is 7.97. The van der Waals surface area contributed by atoms with Crippen LogP contribution in [0.3, 0.4) is 0 Å². The van der Waals surface area contributed by atoms with Gasteiger partial charge in [0.15, 0.2) is 0 Å². The second-order valence-corrected chi connectivity index (χ2v) is 7.48. The zero-order chi connectivity index (χ0) is 18.9. The Morgan fingerprint density at radius 2 is 2.15 bits per heavy atom. The quantitative estimate of drug-likeness (QED) is 0.496. The number of carboxylic acid groups (broad SMARTS) is 1. The van der Waals surface area contributed by atoms with Gasteiger partial charge in [-0.3, -0.25) is 9.71 Å². The van der Waals surface area contributed by atoms with Gasteiger partial charge in [-0.1, -0.05) is 6.42 Å². The molecule has 6 nitrogen and oxygen atoms in total. The van der Waals surface area contributed by atoms with Crippen LogP contribution in [0.15, 0.2) is 47.9 Å². The number of pyridine rings is 1. The summed E-state index contributed by atoms with van der Waals surface area (Å²) in [5.41, 5.74) is 1.11. The molecule has 1 aliphatic rings. The first-order chi connectivity index (χ1) is 13.1. The van der Waals surface area contributed by atoms with Gasteiger partial charge in [0.05, 0.1) is 16.8 Å². The van der Waals surface area contributed by atoms with Crippen molar-refractivity contribution in [1.29, 1.82) is 0 Å². The van der Waals surface area contributed by atoms with Gasteiger partial charge in [0.2, 0.25) is 5.16 Å². The molecule has 8 heteroatoms. The van der Waals surface area contributed by atoms with Crippen molar-refractivity contribution in [3.05, 3.63) is 59.8 Å². The number of nitrogens with zero attached hydrogens (tertiary/aromatic N) is 3. The number of benzene rings is 1. The fourth-order valence-corrected chi connectivity index (χ4v) is 4.04. The molecule has 0 amide bonds. The first-order valence-electron chi connectivity index (χ1n) is 8.58. The molecule has 3 aromatic rings. The molecule has 0 radical (unpaired) electrons. The Hall–Kier alpha value is -2.58. The lowest BCUT2D eigenvalue weighted by atomic mass is 9.66. The number of aromatic nitrogens is 3. The van der Waals surface area contributed by atoms with Crippen molar-refractivity contribution in [1.82, 2.24) is 19.7 Å². The van der Waals surface area contributed by atoms with Crippen LogP contribution in [-0.4, -0.2) is 32.6 Å². The minimum absolute atomic E-state index is 0.203. The summed E-state index contributed by atoms with van der Waals surface area (Å²) in [4.78, 5) is 24.0. The number of fused-ring (bicyclic) bond motifs is 1. The van der Waals surface area contributed by atoms with Crippen LogP contribution in [0.5, 0.6) is 0 Å². The van der Waals surface area contributed by atoms with E-state index in [1.54, 1.807) is 30.6 Å². The Kier molecular flexibility index (Phi) is 4.75. The third kappa shape index (κ3) is 3.50. The monoisotopic (exact) mass is 384 g/mol. The zero-order valence-corrected chi connectivity index (χ0v) is 15.2. The van der Waals surface area contributed by atoms with Crippen molar-refractivity contribution in [2.45, 2.75) is 29.8 Å². The first kappa shape index (κ1) is 17.8. The number of hydrogen-bond acceptors (Lipinski definition) is 6. The van der Waals surface area contributed by atoms with Gasteiger partial charge in [0.25, 0.3) is 0 Å². The summed E-state index contributed by atoms with van der Waals surface area (Å²) < 4.78 is 17.4. The molecule has 2 N–H and O–H groups in total. The third-order valence-corrected chi connectivity index (χ3v) is 5.62.